The highest BCUT2D eigenvalue weighted by atomic mass is 35.5. The molecule has 0 N–H and O–H groups in total. The van der Waals surface area contributed by atoms with Crippen molar-refractivity contribution in [2.24, 2.45) is 0 Å². The summed E-state index contributed by atoms with van der Waals surface area (Å²) in [6.07, 6.45) is -9.54. The summed E-state index contributed by atoms with van der Waals surface area (Å²) >= 11 is 12.4. The van der Waals surface area contributed by atoms with E-state index in [2.05, 4.69) is 0 Å². The standard InChI is InChI=1S/C25H23Cl2F6NO3.C2H6/c26-19-3-2-16(12-20(19)27)23(13-22-36-6-7-37-22)4-1-5-34(14-23)21(35)10-15-8-17(24(28,29)30)11-18(9-15)25(31,32)33;1-2/h2-3,8-9,11-12,22H,1,4-7,10,13-14H2;1-2H3/t23-;/m1./s1. The Morgan fingerprint density at radius 1 is 0.949 bits per heavy atom. The smallest absolute Gasteiger partial charge is 0.350 e. The van der Waals surface area contributed by atoms with Crippen LogP contribution < -0.4 is 0 Å². The molecule has 1 atom stereocenters. The average molecular weight is 600 g/mol. The van der Waals surface area contributed by atoms with E-state index >= 15 is 0 Å². The van der Waals surface area contributed by atoms with E-state index in [1.807, 2.05) is 13.8 Å². The highest BCUT2D eigenvalue weighted by Crippen LogP contribution is 2.42. The van der Waals surface area contributed by atoms with Gasteiger partial charge in [0.1, 0.15) is 0 Å². The van der Waals surface area contributed by atoms with Gasteiger partial charge in [0.25, 0.3) is 0 Å². The van der Waals surface area contributed by atoms with E-state index in [-0.39, 0.29) is 18.2 Å². The Labute approximate surface area is 233 Å². The van der Waals surface area contributed by atoms with Crippen molar-refractivity contribution in [1.82, 2.24) is 4.90 Å². The summed E-state index contributed by atoms with van der Waals surface area (Å²) in [5.41, 5.74) is -3.15. The lowest BCUT2D eigenvalue weighted by Crippen LogP contribution is -2.50. The molecule has 0 unspecified atom stereocenters. The monoisotopic (exact) mass is 599 g/mol. The van der Waals surface area contributed by atoms with Gasteiger partial charge in [-0.2, -0.15) is 26.3 Å². The molecule has 2 fully saturated rings. The van der Waals surface area contributed by atoms with Gasteiger partial charge in [0.2, 0.25) is 5.91 Å². The average Bonchev–Trinajstić information content (AvgIpc) is 3.38. The SMILES string of the molecule is CC.O=C(Cc1cc(C(F)(F)F)cc(C(F)(F)F)c1)N1CCC[C@](CC2OCCO2)(c2ccc(Cl)c(Cl)c2)C1. The van der Waals surface area contributed by atoms with Crippen molar-refractivity contribution in [3.8, 4) is 0 Å². The minimum absolute atomic E-state index is 0.0474. The van der Waals surface area contributed by atoms with Gasteiger partial charge in [-0.3, -0.25) is 4.79 Å². The number of piperidine rings is 1. The van der Waals surface area contributed by atoms with Gasteiger partial charge in [0.15, 0.2) is 6.29 Å². The number of alkyl halides is 6. The van der Waals surface area contributed by atoms with Crippen LogP contribution in [0.3, 0.4) is 0 Å². The van der Waals surface area contributed by atoms with Gasteiger partial charge < -0.3 is 14.4 Å². The molecule has 2 saturated heterocycles. The number of hydrogen-bond donors (Lipinski definition) is 0. The molecule has 4 rings (SSSR count). The molecular formula is C27H29Cl2F6NO3. The van der Waals surface area contributed by atoms with Crippen molar-refractivity contribution in [3.05, 3.63) is 68.7 Å². The predicted octanol–water partition coefficient (Wildman–Crippen LogP) is 7.92. The molecule has 0 spiro atoms. The Hall–Kier alpha value is -2.01. The number of rotatable bonds is 5. The summed E-state index contributed by atoms with van der Waals surface area (Å²) in [4.78, 5) is 14.7. The van der Waals surface area contributed by atoms with Gasteiger partial charge in [-0.1, -0.05) is 43.1 Å². The van der Waals surface area contributed by atoms with Crippen LogP contribution >= 0.6 is 23.2 Å². The van der Waals surface area contributed by atoms with E-state index < -0.39 is 47.5 Å². The molecule has 0 aromatic heterocycles. The molecule has 2 aliphatic rings. The number of amides is 1. The highest BCUT2D eigenvalue weighted by molar-refractivity contribution is 6.42. The van der Waals surface area contributed by atoms with Gasteiger partial charge in [-0.05, 0) is 54.3 Å². The van der Waals surface area contributed by atoms with Gasteiger partial charge in [-0.15, -0.1) is 0 Å². The fraction of sp³-hybridized carbons (Fsp3) is 0.519. The van der Waals surface area contributed by atoms with Crippen LogP contribution in [0.5, 0.6) is 0 Å². The zero-order valence-corrected chi connectivity index (χ0v) is 22.9. The second-order valence-corrected chi connectivity index (χ2v) is 10.1. The number of halogens is 8. The first-order valence-corrected chi connectivity index (χ1v) is 13.3. The van der Waals surface area contributed by atoms with Crippen LogP contribution in [0.1, 0.15) is 55.4 Å². The Morgan fingerprint density at radius 3 is 2.08 bits per heavy atom. The minimum Gasteiger partial charge on any atom is -0.350 e. The molecule has 0 aliphatic carbocycles. The lowest BCUT2D eigenvalue weighted by Gasteiger charge is -2.44. The van der Waals surface area contributed by atoms with Crippen molar-refractivity contribution in [1.29, 1.82) is 0 Å². The fourth-order valence-corrected chi connectivity index (χ4v) is 5.24. The molecule has 0 radical (unpaired) electrons. The Morgan fingerprint density at radius 2 is 1.54 bits per heavy atom. The third kappa shape index (κ3) is 7.80. The highest BCUT2D eigenvalue weighted by Gasteiger charge is 2.42. The molecule has 4 nitrogen and oxygen atoms in total. The van der Waals surface area contributed by atoms with Crippen LogP contribution in [0.15, 0.2) is 36.4 Å². The molecule has 2 aromatic carbocycles. The number of benzene rings is 2. The second kappa shape index (κ2) is 12.7. The zero-order valence-electron chi connectivity index (χ0n) is 21.4. The molecule has 39 heavy (non-hydrogen) atoms. The van der Waals surface area contributed by atoms with Crippen LogP contribution in [0.4, 0.5) is 26.3 Å². The van der Waals surface area contributed by atoms with Gasteiger partial charge >= 0.3 is 12.4 Å². The molecule has 1 amide bonds. The predicted molar refractivity (Wildman–Crippen MR) is 136 cm³/mol. The van der Waals surface area contributed by atoms with Gasteiger partial charge in [0, 0.05) is 24.9 Å². The van der Waals surface area contributed by atoms with Crippen LogP contribution in [-0.4, -0.2) is 43.4 Å². The summed E-state index contributed by atoms with van der Waals surface area (Å²) in [7, 11) is 0. The lowest BCUT2D eigenvalue weighted by atomic mass is 9.71. The van der Waals surface area contributed by atoms with Gasteiger partial charge in [0.05, 0.1) is 40.8 Å². The van der Waals surface area contributed by atoms with Crippen molar-refractivity contribution < 1.29 is 40.6 Å². The topological polar surface area (TPSA) is 38.8 Å². The second-order valence-electron chi connectivity index (χ2n) is 9.29. The van der Waals surface area contributed by atoms with E-state index in [0.29, 0.717) is 61.2 Å². The van der Waals surface area contributed by atoms with E-state index in [1.54, 1.807) is 18.2 Å². The van der Waals surface area contributed by atoms with E-state index in [1.165, 1.54) is 4.90 Å². The maximum absolute atomic E-state index is 13.3. The lowest BCUT2D eigenvalue weighted by molar-refractivity contribution is -0.143. The Kier molecular flexibility index (Phi) is 10.2. The molecular weight excluding hydrogens is 571 g/mol. The first-order chi connectivity index (χ1) is 18.3. The number of ether oxygens (including phenoxy) is 2. The van der Waals surface area contributed by atoms with Crippen molar-refractivity contribution in [2.75, 3.05) is 26.3 Å². The van der Waals surface area contributed by atoms with Crippen molar-refractivity contribution in [2.45, 2.75) is 63.6 Å². The first-order valence-electron chi connectivity index (χ1n) is 12.5. The zero-order chi connectivity index (χ0) is 29.0. The quantitative estimate of drug-likeness (QED) is 0.328. The minimum atomic E-state index is -4.99. The first kappa shape index (κ1) is 31.5. The van der Waals surface area contributed by atoms with Crippen LogP contribution in [0.2, 0.25) is 10.0 Å². The van der Waals surface area contributed by atoms with E-state index in [0.717, 1.165) is 5.56 Å². The van der Waals surface area contributed by atoms with E-state index in [4.69, 9.17) is 32.7 Å². The largest absolute Gasteiger partial charge is 0.416 e. The third-order valence-electron chi connectivity index (χ3n) is 6.71. The summed E-state index contributed by atoms with van der Waals surface area (Å²) < 4.78 is 90.9. The number of nitrogens with zero attached hydrogens (tertiary/aromatic N) is 1. The number of hydrogen-bond acceptors (Lipinski definition) is 3. The molecule has 0 saturated carbocycles. The Balaban J connectivity index is 0.00000205. The normalized spacial score (nSPS) is 20.5. The summed E-state index contributed by atoms with van der Waals surface area (Å²) in [6, 6.07) is 6.35. The number of likely N-dealkylation sites (tertiary alicyclic amines) is 1. The van der Waals surface area contributed by atoms with Gasteiger partial charge in [-0.25, -0.2) is 0 Å². The Bertz CT molecular complexity index is 1120. The van der Waals surface area contributed by atoms with Crippen LogP contribution in [-0.2, 0) is 38.5 Å². The molecule has 2 heterocycles. The summed E-state index contributed by atoms with van der Waals surface area (Å²) in [5.74, 6) is -0.579. The van der Waals surface area contributed by atoms with Crippen LogP contribution in [0.25, 0.3) is 0 Å². The fourth-order valence-electron chi connectivity index (χ4n) is 4.94. The third-order valence-corrected chi connectivity index (χ3v) is 7.45. The van der Waals surface area contributed by atoms with Crippen molar-refractivity contribution >= 4 is 29.1 Å². The van der Waals surface area contributed by atoms with Crippen LogP contribution in [0, 0.1) is 0 Å². The molecule has 0 bridgehead atoms. The number of carbonyl (C=O) groups excluding carboxylic acids is 1. The maximum Gasteiger partial charge on any atom is 0.416 e. The molecule has 2 aromatic rings. The van der Waals surface area contributed by atoms with Crippen molar-refractivity contribution in [3.63, 3.8) is 0 Å². The maximum atomic E-state index is 13.3. The van der Waals surface area contributed by atoms with E-state index in [9.17, 15) is 31.1 Å². The molecule has 2 aliphatic heterocycles. The summed E-state index contributed by atoms with van der Waals surface area (Å²) in [6.45, 7) is 5.31. The number of carbonyl (C=O) groups is 1. The molecule has 216 valence electrons. The molecule has 12 heteroatoms. The summed E-state index contributed by atoms with van der Waals surface area (Å²) in [5, 5.41) is 0.668.